The highest BCUT2D eigenvalue weighted by atomic mass is 32.2. The van der Waals surface area contributed by atoms with E-state index >= 15 is 0 Å². The number of carbonyl (C=O) groups is 1. The summed E-state index contributed by atoms with van der Waals surface area (Å²) in [6.07, 6.45) is 0.517. The highest BCUT2D eigenvalue weighted by Gasteiger charge is 2.02. The van der Waals surface area contributed by atoms with E-state index in [1.54, 1.807) is 11.8 Å². The van der Waals surface area contributed by atoms with E-state index in [1.807, 2.05) is 36.4 Å². The van der Waals surface area contributed by atoms with Crippen molar-refractivity contribution in [2.45, 2.75) is 25.2 Å². The van der Waals surface area contributed by atoms with Gasteiger partial charge in [0.15, 0.2) is 0 Å². The summed E-state index contributed by atoms with van der Waals surface area (Å²) in [7, 11) is 0. The van der Waals surface area contributed by atoms with Gasteiger partial charge in [0, 0.05) is 17.1 Å². The van der Waals surface area contributed by atoms with E-state index in [0.29, 0.717) is 19.6 Å². The van der Waals surface area contributed by atoms with Crippen molar-refractivity contribution in [3.8, 4) is 5.75 Å². The summed E-state index contributed by atoms with van der Waals surface area (Å²) in [4.78, 5) is 13.0. The van der Waals surface area contributed by atoms with Crippen molar-refractivity contribution < 1.29 is 9.53 Å². The molecule has 3 nitrogen and oxygen atoms in total. The lowest BCUT2D eigenvalue weighted by Gasteiger charge is -2.09. The van der Waals surface area contributed by atoms with E-state index in [-0.39, 0.29) is 5.91 Å². The Kier molecular flexibility index (Phi) is 7.01. The molecule has 0 bridgehead atoms. The lowest BCUT2D eigenvalue weighted by atomic mass is 10.1. The van der Waals surface area contributed by atoms with E-state index in [1.165, 1.54) is 16.0 Å². The van der Waals surface area contributed by atoms with Crippen LogP contribution in [-0.4, -0.2) is 24.8 Å². The number of thioether (sulfide) groups is 1. The molecule has 1 amide bonds. The normalized spacial score (nSPS) is 10.3. The third-order valence-electron chi connectivity index (χ3n) is 3.51. The molecule has 0 aliphatic rings. The Bertz CT molecular complexity index is 629. The van der Waals surface area contributed by atoms with Gasteiger partial charge in [0.05, 0.1) is 6.54 Å². The van der Waals surface area contributed by atoms with Gasteiger partial charge in [-0.1, -0.05) is 24.3 Å². The molecule has 0 spiro atoms. The molecular weight excluding hydrogens is 306 g/mol. The first-order valence-electron chi connectivity index (χ1n) is 7.80. The fourth-order valence-electron chi connectivity index (χ4n) is 2.03. The fraction of sp³-hybridized carbons (Fsp3) is 0.316. The van der Waals surface area contributed by atoms with Gasteiger partial charge in [-0.3, -0.25) is 4.79 Å². The van der Waals surface area contributed by atoms with Gasteiger partial charge in [0.2, 0.25) is 5.91 Å². The number of nitrogens with one attached hydrogen (secondary N) is 1. The molecule has 0 heterocycles. The second kappa shape index (κ2) is 9.26. The molecule has 23 heavy (non-hydrogen) atoms. The number of hydrogen-bond acceptors (Lipinski definition) is 3. The first-order chi connectivity index (χ1) is 11.1. The van der Waals surface area contributed by atoms with E-state index < -0.39 is 0 Å². The Labute approximate surface area is 142 Å². The second-order valence-electron chi connectivity index (χ2n) is 5.36. The summed E-state index contributed by atoms with van der Waals surface area (Å²) in [5, 5.41) is 2.89. The third kappa shape index (κ3) is 6.37. The highest BCUT2D eigenvalue weighted by molar-refractivity contribution is 7.99. The number of benzene rings is 2. The second-order valence-corrected chi connectivity index (χ2v) is 6.52. The van der Waals surface area contributed by atoms with Crippen LogP contribution in [-0.2, 0) is 4.79 Å². The Balaban J connectivity index is 1.58. The van der Waals surface area contributed by atoms with Crippen LogP contribution >= 0.6 is 11.8 Å². The maximum Gasteiger partial charge on any atom is 0.220 e. The molecule has 0 aromatic heterocycles. The van der Waals surface area contributed by atoms with E-state index in [9.17, 15) is 4.79 Å². The van der Waals surface area contributed by atoms with Gasteiger partial charge in [0.1, 0.15) is 12.4 Å². The van der Waals surface area contributed by atoms with Crippen molar-refractivity contribution in [2.75, 3.05) is 18.9 Å². The monoisotopic (exact) mass is 329 g/mol. The van der Waals surface area contributed by atoms with Gasteiger partial charge in [-0.15, -0.1) is 11.8 Å². The maximum atomic E-state index is 11.8. The molecule has 0 aliphatic heterocycles. The number of aryl methyl sites for hydroxylation is 2. The van der Waals surface area contributed by atoms with Crippen molar-refractivity contribution in [1.82, 2.24) is 5.32 Å². The van der Waals surface area contributed by atoms with Gasteiger partial charge < -0.3 is 10.1 Å². The predicted octanol–water partition coefficient (Wildman–Crippen LogP) is 3.98. The summed E-state index contributed by atoms with van der Waals surface area (Å²) < 4.78 is 5.65. The number of rotatable bonds is 8. The van der Waals surface area contributed by atoms with Crippen LogP contribution in [0.1, 0.15) is 17.5 Å². The van der Waals surface area contributed by atoms with Crippen LogP contribution in [0.15, 0.2) is 53.4 Å². The number of hydrogen-bond donors (Lipinski definition) is 1. The van der Waals surface area contributed by atoms with Crippen molar-refractivity contribution in [3.63, 3.8) is 0 Å². The largest absolute Gasteiger partial charge is 0.492 e. The van der Waals surface area contributed by atoms with Crippen molar-refractivity contribution in [1.29, 1.82) is 0 Å². The molecule has 0 aliphatic carbocycles. The molecule has 0 radical (unpaired) electrons. The van der Waals surface area contributed by atoms with Crippen LogP contribution in [0.5, 0.6) is 5.75 Å². The predicted molar refractivity (Wildman–Crippen MR) is 96.2 cm³/mol. The van der Waals surface area contributed by atoms with Crippen LogP contribution in [0.4, 0.5) is 0 Å². The minimum atomic E-state index is 0.0668. The molecule has 2 aromatic carbocycles. The lowest BCUT2D eigenvalue weighted by Crippen LogP contribution is -2.28. The smallest absolute Gasteiger partial charge is 0.220 e. The highest BCUT2D eigenvalue weighted by Crippen LogP contribution is 2.17. The zero-order valence-corrected chi connectivity index (χ0v) is 14.5. The Morgan fingerprint density at radius 2 is 1.87 bits per heavy atom. The number of carbonyl (C=O) groups excluding carboxylic acids is 1. The fourth-order valence-corrected chi connectivity index (χ4v) is 2.90. The molecular formula is C19H23NO2S. The van der Waals surface area contributed by atoms with Gasteiger partial charge in [-0.05, 0) is 49.2 Å². The minimum Gasteiger partial charge on any atom is -0.492 e. The first-order valence-corrected chi connectivity index (χ1v) is 8.78. The third-order valence-corrected chi connectivity index (χ3v) is 4.53. The molecule has 2 aromatic rings. The zero-order chi connectivity index (χ0) is 16.5. The molecule has 0 fully saturated rings. The van der Waals surface area contributed by atoms with Crippen LogP contribution in [0.25, 0.3) is 0 Å². The van der Waals surface area contributed by atoms with Gasteiger partial charge in [-0.25, -0.2) is 0 Å². The van der Waals surface area contributed by atoms with Gasteiger partial charge >= 0.3 is 0 Å². The van der Waals surface area contributed by atoms with Gasteiger partial charge in [-0.2, -0.15) is 0 Å². The summed E-state index contributed by atoms with van der Waals surface area (Å²) in [6.45, 7) is 5.16. The SMILES string of the molecule is Cc1ccc(OCCNC(=O)CCSc2ccccc2)cc1C. The molecule has 0 atom stereocenters. The zero-order valence-electron chi connectivity index (χ0n) is 13.7. The number of ether oxygens (including phenoxy) is 1. The van der Waals surface area contributed by atoms with Crippen molar-refractivity contribution >= 4 is 17.7 Å². The van der Waals surface area contributed by atoms with E-state index in [4.69, 9.17) is 4.74 Å². The molecule has 0 saturated heterocycles. The molecule has 2 rings (SSSR count). The number of amides is 1. The lowest BCUT2D eigenvalue weighted by molar-refractivity contribution is -0.120. The molecule has 1 N–H and O–H groups in total. The topological polar surface area (TPSA) is 38.3 Å². The standard InChI is InChI=1S/C19H23NO2S/c1-15-8-9-17(14-16(15)2)22-12-11-20-19(21)10-13-23-18-6-4-3-5-7-18/h3-9,14H,10-13H2,1-2H3,(H,20,21). The Morgan fingerprint density at radius 3 is 2.61 bits per heavy atom. The quantitative estimate of drug-likeness (QED) is 0.588. The van der Waals surface area contributed by atoms with Gasteiger partial charge in [0.25, 0.3) is 0 Å². The molecule has 4 heteroatoms. The molecule has 0 saturated carbocycles. The summed E-state index contributed by atoms with van der Waals surface area (Å²) in [5.74, 6) is 1.70. The summed E-state index contributed by atoms with van der Waals surface area (Å²) in [6, 6.07) is 16.1. The molecule has 122 valence electrons. The van der Waals surface area contributed by atoms with Crippen LogP contribution in [0, 0.1) is 13.8 Å². The summed E-state index contributed by atoms with van der Waals surface area (Å²) >= 11 is 1.70. The molecule has 0 unspecified atom stereocenters. The van der Waals surface area contributed by atoms with E-state index in [2.05, 4.69) is 31.3 Å². The van der Waals surface area contributed by atoms with Crippen molar-refractivity contribution in [2.24, 2.45) is 0 Å². The maximum absolute atomic E-state index is 11.8. The Hall–Kier alpha value is -1.94. The average Bonchev–Trinajstić information content (AvgIpc) is 2.56. The van der Waals surface area contributed by atoms with Crippen LogP contribution < -0.4 is 10.1 Å². The van der Waals surface area contributed by atoms with Crippen LogP contribution in [0.2, 0.25) is 0 Å². The Morgan fingerprint density at radius 1 is 1.09 bits per heavy atom. The van der Waals surface area contributed by atoms with Crippen molar-refractivity contribution in [3.05, 3.63) is 59.7 Å². The van der Waals surface area contributed by atoms with Crippen LogP contribution in [0.3, 0.4) is 0 Å². The minimum absolute atomic E-state index is 0.0668. The van der Waals surface area contributed by atoms with E-state index in [0.717, 1.165) is 11.5 Å². The average molecular weight is 329 g/mol. The summed E-state index contributed by atoms with van der Waals surface area (Å²) in [5.41, 5.74) is 2.46. The first kappa shape index (κ1) is 17.4.